The predicted molar refractivity (Wildman–Crippen MR) is 50.0 cm³/mol. The minimum atomic E-state index is -0.426. The van der Waals surface area contributed by atoms with Gasteiger partial charge in [0.05, 0.1) is 6.10 Å². The fraction of sp³-hybridized carbons (Fsp3) is 0.889. The fourth-order valence-corrected chi connectivity index (χ4v) is 1.81. The molecule has 0 aromatic rings. The predicted octanol–water partition coefficient (Wildman–Crippen LogP) is 0.148. The first kappa shape index (κ1) is 10.5. The molecule has 0 spiro atoms. The second-order valence-electron chi connectivity index (χ2n) is 3.86. The van der Waals surface area contributed by atoms with E-state index < -0.39 is 5.54 Å². The van der Waals surface area contributed by atoms with Crippen molar-refractivity contribution in [3.63, 3.8) is 0 Å². The van der Waals surface area contributed by atoms with E-state index in [1.807, 2.05) is 0 Å². The van der Waals surface area contributed by atoms with Crippen LogP contribution in [0, 0.1) is 0 Å². The molecule has 1 amide bonds. The molecule has 1 aliphatic rings. The molecule has 4 N–H and O–H groups in total. The normalized spacial score (nSPS) is 34.5. The smallest absolute Gasteiger partial charge is 0.219 e. The van der Waals surface area contributed by atoms with Crippen LogP contribution >= 0.6 is 0 Å². The zero-order chi connectivity index (χ0) is 9.90. The van der Waals surface area contributed by atoms with Gasteiger partial charge in [-0.25, -0.2) is 0 Å². The average molecular weight is 186 g/mol. The summed E-state index contributed by atoms with van der Waals surface area (Å²) in [5.74, 6) is -0.320. The van der Waals surface area contributed by atoms with Gasteiger partial charge in [-0.2, -0.15) is 0 Å². The molecule has 76 valence electrons. The van der Waals surface area contributed by atoms with Gasteiger partial charge in [0.15, 0.2) is 0 Å². The first-order chi connectivity index (χ1) is 6.06. The van der Waals surface area contributed by atoms with E-state index in [1.165, 1.54) is 0 Å². The molecule has 0 aromatic carbocycles. The maximum atomic E-state index is 10.8. The maximum Gasteiger partial charge on any atom is 0.219 e. The monoisotopic (exact) mass is 186 g/mol. The largest absolute Gasteiger partial charge is 0.378 e. The zero-order valence-corrected chi connectivity index (χ0v) is 8.08. The second-order valence-corrected chi connectivity index (χ2v) is 3.86. The number of rotatable bonds is 3. The summed E-state index contributed by atoms with van der Waals surface area (Å²) in [7, 11) is 0. The van der Waals surface area contributed by atoms with Gasteiger partial charge in [0.2, 0.25) is 5.91 Å². The van der Waals surface area contributed by atoms with E-state index in [0.717, 1.165) is 19.3 Å². The molecule has 2 atom stereocenters. The Hall–Kier alpha value is -0.610. The summed E-state index contributed by atoms with van der Waals surface area (Å²) in [5, 5.41) is 0. The van der Waals surface area contributed by atoms with Gasteiger partial charge in [-0.05, 0) is 19.3 Å². The first-order valence-corrected chi connectivity index (χ1v) is 4.74. The molecule has 1 saturated heterocycles. The highest BCUT2D eigenvalue weighted by atomic mass is 16.5. The lowest BCUT2D eigenvalue weighted by molar-refractivity contribution is -0.120. The third-order valence-corrected chi connectivity index (χ3v) is 2.57. The van der Waals surface area contributed by atoms with Crippen molar-refractivity contribution in [3.05, 3.63) is 0 Å². The van der Waals surface area contributed by atoms with Crippen molar-refractivity contribution in [1.29, 1.82) is 0 Å². The number of nitrogens with two attached hydrogens (primary N) is 2. The molecular formula is C9H18N2O2. The summed E-state index contributed by atoms with van der Waals surface area (Å²) < 4.78 is 5.47. The summed E-state index contributed by atoms with van der Waals surface area (Å²) >= 11 is 0. The van der Waals surface area contributed by atoms with Crippen LogP contribution in [0.4, 0.5) is 0 Å². The summed E-state index contributed by atoms with van der Waals surface area (Å²) in [6.07, 6.45) is 2.88. The van der Waals surface area contributed by atoms with E-state index >= 15 is 0 Å². The number of amides is 1. The number of carbonyl (C=O) groups excluding carboxylic acids is 1. The first-order valence-electron chi connectivity index (χ1n) is 4.74. The SMILES string of the molecule is CCC1CC(N)(CC(N)=O)CCO1. The van der Waals surface area contributed by atoms with Gasteiger partial charge in [0, 0.05) is 18.6 Å². The van der Waals surface area contributed by atoms with Crippen LogP contribution < -0.4 is 11.5 Å². The molecule has 1 fully saturated rings. The molecule has 4 heteroatoms. The zero-order valence-electron chi connectivity index (χ0n) is 8.08. The number of ether oxygens (including phenoxy) is 1. The van der Waals surface area contributed by atoms with Crippen LogP contribution in [0.5, 0.6) is 0 Å². The third kappa shape index (κ3) is 2.97. The van der Waals surface area contributed by atoms with Crippen LogP contribution in [0.25, 0.3) is 0 Å². The standard InChI is InChI=1S/C9H18N2O2/c1-2-7-5-9(11,3-4-13-7)6-8(10)12/h7H,2-6,11H2,1H3,(H2,10,12). The summed E-state index contributed by atoms with van der Waals surface area (Å²) in [4.78, 5) is 10.8. The molecule has 1 aliphatic heterocycles. The summed E-state index contributed by atoms with van der Waals surface area (Å²) in [6, 6.07) is 0. The van der Waals surface area contributed by atoms with Crippen molar-refractivity contribution in [1.82, 2.24) is 0 Å². The molecule has 2 unspecified atom stereocenters. The molecule has 0 aromatic heterocycles. The highest BCUT2D eigenvalue weighted by Gasteiger charge is 2.33. The minimum absolute atomic E-state index is 0.193. The quantitative estimate of drug-likeness (QED) is 0.658. The Labute approximate surface area is 78.6 Å². The lowest BCUT2D eigenvalue weighted by Gasteiger charge is -2.36. The highest BCUT2D eigenvalue weighted by Crippen LogP contribution is 2.26. The Morgan fingerprint density at radius 1 is 1.69 bits per heavy atom. The number of carbonyl (C=O) groups is 1. The van der Waals surface area contributed by atoms with Crippen LogP contribution in [-0.2, 0) is 9.53 Å². The Bertz CT molecular complexity index is 196. The number of hydrogen-bond donors (Lipinski definition) is 2. The van der Waals surface area contributed by atoms with E-state index in [0.29, 0.717) is 6.61 Å². The van der Waals surface area contributed by atoms with Gasteiger partial charge in [-0.15, -0.1) is 0 Å². The van der Waals surface area contributed by atoms with Gasteiger partial charge >= 0.3 is 0 Å². The van der Waals surface area contributed by atoms with Crippen molar-refractivity contribution < 1.29 is 9.53 Å². The topological polar surface area (TPSA) is 78.3 Å². The molecule has 0 radical (unpaired) electrons. The van der Waals surface area contributed by atoms with Crippen LogP contribution in [0.1, 0.15) is 32.6 Å². The molecule has 1 rings (SSSR count). The van der Waals surface area contributed by atoms with E-state index in [4.69, 9.17) is 16.2 Å². The van der Waals surface area contributed by atoms with E-state index in [9.17, 15) is 4.79 Å². The van der Waals surface area contributed by atoms with E-state index in [1.54, 1.807) is 0 Å². The van der Waals surface area contributed by atoms with Crippen molar-refractivity contribution in [2.75, 3.05) is 6.61 Å². The molecule has 4 nitrogen and oxygen atoms in total. The average Bonchev–Trinajstić information content (AvgIpc) is 2.02. The van der Waals surface area contributed by atoms with E-state index in [-0.39, 0.29) is 18.4 Å². The van der Waals surface area contributed by atoms with E-state index in [2.05, 4.69) is 6.92 Å². The van der Waals surface area contributed by atoms with Crippen molar-refractivity contribution >= 4 is 5.91 Å². The van der Waals surface area contributed by atoms with Crippen LogP contribution in [0.3, 0.4) is 0 Å². The van der Waals surface area contributed by atoms with Crippen molar-refractivity contribution in [2.45, 2.75) is 44.2 Å². The molecule has 0 aliphatic carbocycles. The number of primary amides is 1. The van der Waals surface area contributed by atoms with Crippen molar-refractivity contribution in [3.8, 4) is 0 Å². The molecule has 1 heterocycles. The molecule has 0 bridgehead atoms. The minimum Gasteiger partial charge on any atom is -0.378 e. The van der Waals surface area contributed by atoms with Crippen LogP contribution in [0.2, 0.25) is 0 Å². The van der Waals surface area contributed by atoms with Gasteiger partial charge < -0.3 is 16.2 Å². The molecule has 13 heavy (non-hydrogen) atoms. The Morgan fingerprint density at radius 3 is 2.92 bits per heavy atom. The summed E-state index contributed by atoms with van der Waals surface area (Å²) in [5.41, 5.74) is 10.8. The van der Waals surface area contributed by atoms with Crippen molar-refractivity contribution in [2.24, 2.45) is 11.5 Å². The molecular weight excluding hydrogens is 168 g/mol. The van der Waals surface area contributed by atoms with Gasteiger partial charge in [-0.3, -0.25) is 4.79 Å². The Morgan fingerprint density at radius 2 is 2.38 bits per heavy atom. The van der Waals surface area contributed by atoms with Crippen LogP contribution in [-0.4, -0.2) is 24.2 Å². The van der Waals surface area contributed by atoms with Crippen LogP contribution in [0.15, 0.2) is 0 Å². The van der Waals surface area contributed by atoms with Gasteiger partial charge in [0.25, 0.3) is 0 Å². The molecule has 0 saturated carbocycles. The fourth-order valence-electron chi connectivity index (χ4n) is 1.81. The Balaban J connectivity index is 2.51. The van der Waals surface area contributed by atoms with Gasteiger partial charge in [-0.1, -0.05) is 6.92 Å². The Kier molecular flexibility index (Phi) is 3.27. The third-order valence-electron chi connectivity index (χ3n) is 2.57. The summed E-state index contributed by atoms with van der Waals surface area (Å²) in [6.45, 7) is 2.70. The lowest BCUT2D eigenvalue weighted by atomic mass is 9.84. The highest BCUT2D eigenvalue weighted by molar-refractivity contribution is 5.75. The number of hydrogen-bond acceptors (Lipinski definition) is 3. The maximum absolute atomic E-state index is 10.8. The lowest BCUT2D eigenvalue weighted by Crippen LogP contribution is -2.50. The van der Waals surface area contributed by atoms with Gasteiger partial charge in [0.1, 0.15) is 0 Å². The second kappa shape index (κ2) is 4.07.